The molecule has 380 valence electrons. The van der Waals surface area contributed by atoms with E-state index < -0.39 is 24.3 Å². The predicted molar refractivity (Wildman–Crippen MR) is 278 cm³/mol. The second kappa shape index (κ2) is 48.4. The lowest BCUT2D eigenvalue weighted by Gasteiger charge is -2.26. The normalized spacial score (nSPS) is 13.7. The van der Waals surface area contributed by atoms with Crippen LogP contribution in [0.15, 0.2) is 109 Å². The number of carbonyl (C=O) groups is 3. The minimum atomic E-state index is -1.64. The molecule has 0 saturated carbocycles. The fourth-order valence-corrected chi connectivity index (χ4v) is 6.55. The number of hydrogen-bond donors (Lipinski definition) is 0. The Morgan fingerprint density at radius 2 is 0.806 bits per heavy atom. The van der Waals surface area contributed by atoms with Gasteiger partial charge in [0.15, 0.2) is 12.4 Å². The molecular weight excluding hydrogens is 839 g/mol. The van der Waals surface area contributed by atoms with Crippen molar-refractivity contribution in [1.29, 1.82) is 0 Å². The highest BCUT2D eigenvalue weighted by Crippen LogP contribution is 2.14. The Bertz CT molecular complexity index is 1460. The number of quaternary nitrogens is 1. The number of esters is 2. The average molecular weight is 934 g/mol. The first-order valence-corrected chi connectivity index (χ1v) is 26.0. The molecule has 0 N–H and O–H groups in total. The Hall–Kier alpha value is -4.05. The first-order valence-electron chi connectivity index (χ1n) is 26.0. The molecule has 0 aromatic rings. The molecule has 0 saturated heterocycles. The molecule has 2 atom stereocenters. The Morgan fingerprint density at radius 3 is 1.21 bits per heavy atom. The van der Waals surface area contributed by atoms with Crippen LogP contribution < -0.4 is 5.11 Å². The summed E-state index contributed by atoms with van der Waals surface area (Å²) < 4.78 is 22.6. The van der Waals surface area contributed by atoms with E-state index in [1.807, 2.05) is 21.1 Å². The molecule has 0 aliphatic carbocycles. The molecule has 67 heavy (non-hydrogen) atoms. The van der Waals surface area contributed by atoms with E-state index in [9.17, 15) is 19.5 Å². The van der Waals surface area contributed by atoms with Gasteiger partial charge in [0, 0.05) is 12.8 Å². The fourth-order valence-electron chi connectivity index (χ4n) is 6.55. The van der Waals surface area contributed by atoms with Gasteiger partial charge in [-0.2, -0.15) is 0 Å². The third-order valence-electron chi connectivity index (χ3n) is 10.5. The molecule has 0 aliphatic rings. The molecule has 0 aliphatic heterocycles. The zero-order valence-corrected chi connectivity index (χ0v) is 43.0. The van der Waals surface area contributed by atoms with E-state index in [2.05, 4.69) is 123 Å². The van der Waals surface area contributed by atoms with Crippen molar-refractivity contribution in [1.82, 2.24) is 0 Å². The van der Waals surface area contributed by atoms with Crippen LogP contribution in [0.4, 0.5) is 0 Å². The summed E-state index contributed by atoms with van der Waals surface area (Å²) >= 11 is 0. The molecule has 0 spiro atoms. The molecule has 0 radical (unpaired) electrons. The van der Waals surface area contributed by atoms with Gasteiger partial charge in [-0.1, -0.05) is 181 Å². The minimum absolute atomic E-state index is 0.134. The molecule has 0 rings (SSSR count). The van der Waals surface area contributed by atoms with Crippen molar-refractivity contribution in [2.24, 2.45) is 0 Å². The SMILES string of the molecule is CC/C=C\C/C=C\C/C=C\C/C=C\C/C=C\CCCCCC(=O)OC(COC(=O)CCCCCCCCCCCC/C=C\C/C=C\C/C=C\C/C=C\CC)COC(OCC[N+](C)(C)C)C(=O)[O-]. The maximum atomic E-state index is 12.8. The van der Waals surface area contributed by atoms with Gasteiger partial charge in [0.25, 0.3) is 0 Å². The summed E-state index contributed by atoms with van der Waals surface area (Å²) in [5, 5.41) is 11.7. The highest BCUT2D eigenvalue weighted by Gasteiger charge is 2.21. The van der Waals surface area contributed by atoms with Gasteiger partial charge in [-0.15, -0.1) is 0 Å². The van der Waals surface area contributed by atoms with Gasteiger partial charge in [0.05, 0.1) is 40.3 Å². The average Bonchev–Trinajstić information content (AvgIpc) is 3.29. The third kappa shape index (κ3) is 49.7. The van der Waals surface area contributed by atoms with Crippen molar-refractivity contribution in [2.45, 2.75) is 193 Å². The van der Waals surface area contributed by atoms with Crippen molar-refractivity contribution in [2.75, 3.05) is 47.5 Å². The van der Waals surface area contributed by atoms with Gasteiger partial charge >= 0.3 is 11.9 Å². The third-order valence-corrected chi connectivity index (χ3v) is 10.5. The van der Waals surface area contributed by atoms with Crippen LogP contribution in [0, 0.1) is 0 Å². The van der Waals surface area contributed by atoms with Crippen LogP contribution in [0.1, 0.15) is 181 Å². The van der Waals surface area contributed by atoms with Crippen LogP contribution in [-0.2, 0) is 33.3 Å². The van der Waals surface area contributed by atoms with Crippen LogP contribution in [0.3, 0.4) is 0 Å². The number of carboxylic acids is 1. The van der Waals surface area contributed by atoms with E-state index in [0.717, 1.165) is 109 Å². The van der Waals surface area contributed by atoms with Gasteiger partial charge in [-0.25, -0.2) is 0 Å². The first-order chi connectivity index (χ1) is 32.6. The first kappa shape index (κ1) is 63.0. The quantitative estimate of drug-likeness (QED) is 0.0195. The molecule has 0 fully saturated rings. The Morgan fingerprint density at radius 1 is 0.448 bits per heavy atom. The maximum Gasteiger partial charge on any atom is 0.306 e. The topological polar surface area (TPSA) is 111 Å². The van der Waals surface area contributed by atoms with Crippen LogP contribution in [0.2, 0.25) is 0 Å². The standard InChI is InChI=1S/C58H95NO8/c1-6-8-10-12-14-16-18-20-22-24-26-27-28-29-31-32-34-36-38-40-42-44-46-48-55(60)65-52-54(53-66-58(57(62)63)64-51-50-59(3,4)5)67-56(61)49-47-45-43-41-39-37-35-33-30-25-23-21-19-17-15-13-11-9-7-2/h8-11,14-17,20-23,26-27,30,33,37,39,54,58H,6-7,12-13,18-19,24-25,28-29,31-32,34-36,38,40-53H2,1-5H3/b10-8-,11-9-,16-14-,17-15-,22-20-,23-21-,27-26-,33-30-,39-37-. The maximum absolute atomic E-state index is 12.8. The van der Waals surface area contributed by atoms with Crippen LogP contribution in [0.25, 0.3) is 0 Å². The number of carboxylic acid groups (broad SMARTS) is 1. The van der Waals surface area contributed by atoms with E-state index in [1.54, 1.807) is 0 Å². The Balaban J connectivity index is 4.40. The molecule has 0 bridgehead atoms. The van der Waals surface area contributed by atoms with Crippen molar-refractivity contribution < 1.29 is 42.9 Å². The Labute approximate surface area is 409 Å². The summed E-state index contributed by atoms with van der Waals surface area (Å²) in [7, 11) is 5.89. The molecule has 2 unspecified atom stereocenters. The Kier molecular flexibility index (Phi) is 45.5. The second-order valence-electron chi connectivity index (χ2n) is 18.0. The number of nitrogens with zero attached hydrogens (tertiary/aromatic N) is 1. The van der Waals surface area contributed by atoms with E-state index in [1.165, 1.54) is 38.5 Å². The van der Waals surface area contributed by atoms with Crippen molar-refractivity contribution in [3.05, 3.63) is 109 Å². The second-order valence-corrected chi connectivity index (χ2v) is 18.0. The highest BCUT2D eigenvalue weighted by molar-refractivity contribution is 5.70. The van der Waals surface area contributed by atoms with Crippen molar-refractivity contribution >= 4 is 17.9 Å². The van der Waals surface area contributed by atoms with Gasteiger partial charge in [0.1, 0.15) is 13.2 Å². The van der Waals surface area contributed by atoms with E-state index in [0.29, 0.717) is 17.4 Å². The molecule has 9 heteroatoms. The number of allylic oxidation sites excluding steroid dienone is 18. The zero-order valence-electron chi connectivity index (χ0n) is 43.0. The zero-order chi connectivity index (χ0) is 49.2. The van der Waals surface area contributed by atoms with Crippen molar-refractivity contribution in [3.63, 3.8) is 0 Å². The summed E-state index contributed by atoms with van der Waals surface area (Å²) in [5.41, 5.74) is 0. The fraction of sp³-hybridized carbons (Fsp3) is 0.638. The number of aliphatic carboxylic acids is 1. The van der Waals surface area contributed by atoms with Crippen molar-refractivity contribution in [3.8, 4) is 0 Å². The number of hydrogen-bond acceptors (Lipinski definition) is 8. The van der Waals surface area contributed by atoms with E-state index in [4.69, 9.17) is 18.9 Å². The summed E-state index contributed by atoms with van der Waals surface area (Å²) in [6, 6.07) is 0. The van der Waals surface area contributed by atoms with Crippen LogP contribution in [0.5, 0.6) is 0 Å². The highest BCUT2D eigenvalue weighted by atomic mass is 16.7. The van der Waals surface area contributed by atoms with Crippen LogP contribution in [-0.4, -0.2) is 82.3 Å². The lowest BCUT2D eigenvalue weighted by molar-refractivity contribution is -0.870. The van der Waals surface area contributed by atoms with Gasteiger partial charge in [-0.05, 0) is 96.3 Å². The number of likely N-dealkylation sites (N-methyl/N-ethyl adjacent to an activating group) is 1. The van der Waals surface area contributed by atoms with Gasteiger partial charge in [0.2, 0.25) is 0 Å². The molecule has 9 nitrogen and oxygen atoms in total. The molecule has 0 amide bonds. The summed E-state index contributed by atoms with van der Waals surface area (Å²) in [6.45, 7) is 4.45. The lowest BCUT2D eigenvalue weighted by atomic mass is 10.1. The largest absolute Gasteiger partial charge is 0.545 e. The van der Waals surface area contributed by atoms with E-state index in [-0.39, 0.29) is 38.6 Å². The minimum Gasteiger partial charge on any atom is -0.545 e. The summed E-state index contributed by atoms with van der Waals surface area (Å²) in [5.74, 6) is -2.35. The number of ether oxygens (including phenoxy) is 4. The predicted octanol–water partition coefficient (Wildman–Crippen LogP) is 13.4. The molecule has 0 heterocycles. The molecule has 0 aromatic heterocycles. The molecule has 0 aromatic carbocycles. The molecular formula is C58H95NO8. The monoisotopic (exact) mass is 934 g/mol. The van der Waals surface area contributed by atoms with Gasteiger partial charge < -0.3 is 33.3 Å². The van der Waals surface area contributed by atoms with E-state index >= 15 is 0 Å². The smallest absolute Gasteiger partial charge is 0.306 e. The number of rotatable bonds is 46. The number of unbranched alkanes of at least 4 members (excludes halogenated alkanes) is 13. The van der Waals surface area contributed by atoms with Gasteiger partial charge in [-0.3, -0.25) is 9.59 Å². The summed E-state index contributed by atoms with van der Waals surface area (Å²) in [6.07, 6.45) is 62.7. The van der Waals surface area contributed by atoms with Crippen LogP contribution >= 0.6 is 0 Å². The lowest BCUT2D eigenvalue weighted by Crippen LogP contribution is -2.44. The number of carbonyl (C=O) groups excluding carboxylic acids is 3. The summed E-state index contributed by atoms with van der Waals surface area (Å²) in [4.78, 5) is 37.2.